The Bertz CT molecular complexity index is 1430. The fourth-order valence-electron chi connectivity index (χ4n) is 4.12. The van der Waals surface area contributed by atoms with Crippen molar-refractivity contribution in [3.05, 3.63) is 103 Å². The van der Waals surface area contributed by atoms with Crippen LogP contribution in [0.2, 0.25) is 0 Å². The Morgan fingerprint density at radius 1 is 1.00 bits per heavy atom. The molecule has 33 heavy (non-hydrogen) atoms. The van der Waals surface area contributed by atoms with Gasteiger partial charge in [-0.05, 0) is 49.2 Å². The van der Waals surface area contributed by atoms with Crippen molar-refractivity contribution >= 4 is 11.4 Å². The molecule has 0 radical (unpaired) electrons. The third kappa shape index (κ3) is 3.67. The summed E-state index contributed by atoms with van der Waals surface area (Å²) in [6, 6.07) is 19.6. The minimum atomic E-state index is -0.182. The van der Waals surface area contributed by atoms with E-state index in [1.807, 2.05) is 82.1 Å². The highest BCUT2D eigenvalue weighted by molar-refractivity contribution is 5.99. The minimum absolute atomic E-state index is 0.182. The number of para-hydroxylation sites is 1. The van der Waals surface area contributed by atoms with Gasteiger partial charge in [0.15, 0.2) is 5.69 Å². The van der Waals surface area contributed by atoms with Crippen LogP contribution in [0, 0.1) is 0 Å². The summed E-state index contributed by atoms with van der Waals surface area (Å²) in [6.07, 6.45) is 9.70. The molecule has 7 nitrogen and oxygen atoms in total. The zero-order valence-electron chi connectivity index (χ0n) is 17.9. The minimum Gasteiger partial charge on any atom is -0.346 e. The Hall–Kier alpha value is -4.26. The van der Waals surface area contributed by atoms with Gasteiger partial charge in [-0.25, -0.2) is 9.67 Å². The summed E-state index contributed by atoms with van der Waals surface area (Å²) in [5, 5.41) is 7.88. The van der Waals surface area contributed by atoms with Crippen LogP contribution in [0.3, 0.4) is 0 Å². The molecule has 4 heterocycles. The number of fused-ring (bicyclic) bond motifs is 1. The summed E-state index contributed by atoms with van der Waals surface area (Å²) < 4.78 is 3.89. The smallest absolute Gasteiger partial charge is 0.272 e. The lowest BCUT2D eigenvalue weighted by molar-refractivity contribution is 0.0948. The van der Waals surface area contributed by atoms with Crippen LogP contribution in [-0.4, -0.2) is 30.1 Å². The predicted molar refractivity (Wildman–Crippen MR) is 125 cm³/mol. The standard InChI is InChI=1S/C26H22N6O/c33-26(24-22-8-4-5-15-31(22)25(29-24)19-9-10-19)28-16-20-17-32(21-6-2-1-3-7-21)30-23(20)18-11-13-27-14-12-18/h1-8,11-15,17,19H,9-10,16H2,(H,28,33). The largest absolute Gasteiger partial charge is 0.346 e. The SMILES string of the molecule is O=C(NCc1cn(-c2ccccc2)nc1-c1ccncc1)c1nc(C2CC2)n2ccccc12. The fraction of sp³-hybridized carbons (Fsp3) is 0.154. The number of rotatable bonds is 6. The summed E-state index contributed by atoms with van der Waals surface area (Å²) in [4.78, 5) is 22.0. The van der Waals surface area contributed by atoms with Crippen LogP contribution in [0.25, 0.3) is 22.5 Å². The number of carbonyl (C=O) groups is 1. The van der Waals surface area contributed by atoms with Gasteiger partial charge < -0.3 is 9.72 Å². The van der Waals surface area contributed by atoms with Crippen LogP contribution in [0.15, 0.2) is 85.5 Å². The number of carbonyl (C=O) groups excluding carboxylic acids is 1. The van der Waals surface area contributed by atoms with Crippen molar-refractivity contribution in [1.29, 1.82) is 0 Å². The van der Waals surface area contributed by atoms with Crippen molar-refractivity contribution in [2.24, 2.45) is 0 Å². The first-order chi connectivity index (χ1) is 16.3. The van der Waals surface area contributed by atoms with Crippen molar-refractivity contribution in [3.8, 4) is 16.9 Å². The van der Waals surface area contributed by atoms with Crippen LogP contribution in [0.5, 0.6) is 0 Å². The number of hydrogen-bond acceptors (Lipinski definition) is 4. The Morgan fingerprint density at radius 2 is 1.79 bits per heavy atom. The molecule has 162 valence electrons. The average Bonchev–Trinajstić information content (AvgIpc) is 3.51. The number of benzene rings is 1. The average molecular weight is 435 g/mol. The number of nitrogens with one attached hydrogen (secondary N) is 1. The maximum Gasteiger partial charge on any atom is 0.272 e. The molecule has 1 fully saturated rings. The highest BCUT2D eigenvalue weighted by atomic mass is 16.1. The van der Waals surface area contributed by atoms with Gasteiger partial charge in [-0.15, -0.1) is 0 Å². The van der Waals surface area contributed by atoms with E-state index >= 15 is 0 Å². The molecule has 0 bridgehead atoms. The lowest BCUT2D eigenvalue weighted by atomic mass is 10.1. The Kier molecular flexibility index (Phi) is 4.72. The normalized spacial score (nSPS) is 13.3. The van der Waals surface area contributed by atoms with Crippen LogP contribution >= 0.6 is 0 Å². The molecule has 0 atom stereocenters. The summed E-state index contributed by atoms with van der Waals surface area (Å²) in [7, 11) is 0. The maximum atomic E-state index is 13.2. The van der Waals surface area contributed by atoms with Gasteiger partial charge >= 0.3 is 0 Å². The van der Waals surface area contributed by atoms with Crippen LogP contribution in [0.4, 0.5) is 0 Å². The van der Waals surface area contributed by atoms with E-state index in [-0.39, 0.29) is 5.91 Å². The van der Waals surface area contributed by atoms with E-state index in [0.29, 0.717) is 18.2 Å². The first-order valence-electron chi connectivity index (χ1n) is 11.1. The Morgan fingerprint density at radius 3 is 2.58 bits per heavy atom. The first kappa shape index (κ1) is 19.4. The zero-order valence-corrected chi connectivity index (χ0v) is 17.9. The molecule has 0 unspecified atom stereocenters. The molecule has 6 rings (SSSR count). The maximum absolute atomic E-state index is 13.2. The van der Waals surface area contributed by atoms with Crippen LogP contribution < -0.4 is 5.32 Å². The number of hydrogen-bond donors (Lipinski definition) is 1. The van der Waals surface area contributed by atoms with E-state index in [1.54, 1.807) is 12.4 Å². The van der Waals surface area contributed by atoms with Crippen molar-refractivity contribution in [2.75, 3.05) is 0 Å². The van der Waals surface area contributed by atoms with E-state index in [4.69, 9.17) is 10.1 Å². The molecular weight excluding hydrogens is 412 g/mol. The number of aromatic nitrogens is 5. The molecule has 0 spiro atoms. The van der Waals surface area contributed by atoms with E-state index in [2.05, 4.69) is 10.3 Å². The molecule has 1 aliphatic rings. The molecular formula is C26H22N6O. The summed E-state index contributed by atoms with van der Waals surface area (Å²) >= 11 is 0. The third-order valence-electron chi connectivity index (χ3n) is 5.94. The zero-order chi connectivity index (χ0) is 22.2. The van der Waals surface area contributed by atoms with Gasteiger partial charge in [0.2, 0.25) is 0 Å². The molecule has 0 saturated heterocycles. The van der Waals surface area contributed by atoms with E-state index in [9.17, 15) is 4.79 Å². The Labute approximate surface area is 190 Å². The second-order valence-corrected chi connectivity index (χ2v) is 8.25. The van der Waals surface area contributed by atoms with Crippen LogP contribution in [-0.2, 0) is 6.54 Å². The molecule has 7 heteroatoms. The lowest BCUT2D eigenvalue weighted by Gasteiger charge is -2.04. The third-order valence-corrected chi connectivity index (χ3v) is 5.94. The predicted octanol–water partition coefficient (Wildman–Crippen LogP) is 4.39. The molecule has 1 amide bonds. The van der Waals surface area contributed by atoms with Gasteiger partial charge in [0.1, 0.15) is 5.82 Å². The highest BCUT2D eigenvalue weighted by Gasteiger charge is 2.30. The van der Waals surface area contributed by atoms with Gasteiger partial charge in [-0.1, -0.05) is 24.3 Å². The molecule has 1 saturated carbocycles. The second kappa shape index (κ2) is 8.02. The quantitative estimate of drug-likeness (QED) is 0.430. The van der Waals surface area contributed by atoms with Crippen LogP contribution in [0.1, 0.15) is 40.6 Å². The highest BCUT2D eigenvalue weighted by Crippen LogP contribution is 2.40. The summed E-state index contributed by atoms with van der Waals surface area (Å²) in [5.41, 5.74) is 4.95. The first-order valence-corrected chi connectivity index (χ1v) is 11.1. The van der Waals surface area contributed by atoms with Gasteiger partial charge in [0.05, 0.1) is 16.9 Å². The van der Waals surface area contributed by atoms with Gasteiger partial charge in [0, 0.05) is 48.4 Å². The summed E-state index contributed by atoms with van der Waals surface area (Å²) in [6.45, 7) is 0.341. The monoisotopic (exact) mass is 434 g/mol. The van der Waals surface area contributed by atoms with Crippen molar-refractivity contribution in [2.45, 2.75) is 25.3 Å². The Balaban J connectivity index is 1.32. The number of pyridine rings is 2. The summed E-state index contributed by atoms with van der Waals surface area (Å²) in [5.74, 6) is 1.24. The number of amides is 1. The fourth-order valence-corrected chi connectivity index (χ4v) is 4.12. The van der Waals surface area contributed by atoms with E-state index in [0.717, 1.165) is 46.7 Å². The van der Waals surface area contributed by atoms with Gasteiger partial charge in [-0.2, -0.15) is 5.10 Å². The number of nitrogens with zero attached hydrogens (tertiary/aromatic N) is 5. The second-order valence-electron chi connectivity index (χ2n) is 8.25. The van der Waals surface area contributed by atoms with Crippen molar-refractivity contribution < 1.29 is 4.79 Å². The molecule has 1 aromatic carbocycles. The van der Waals surface area contributed by atoms with Crippen molar-refractivity contribution in [1.82, 2.24) is 29.5 Å². The van der Waals surface area contributed by atoms with Gasteiger partial charge in [0.25, 0.3) is 5.91 Å². The topological polar surface area (TPSA) is 77.1 Å². The molecule has 5 aromatic rings. The lowest BCUT2D eigenvalue weighted by Crippen LogP contribution is -2.23. The van der Waals surface area contributed by atoms with Gasteiger partial charge in [-0.3, -0.25) is 9.78 Å². The molecule has 4 aromatic heterocycles. The number of imidazole rings is 1. The van der Waals surface area contributed by atoms with E-state index < -0.39 is 0 Å². The molecule has 1 aliphatic carbocycles. The van der Waals surface area contributed by atoms with E-state index in [1.165, 1.54) is 0 Å². The van der Waals surface area contributed by atoms with Crippen molar-refractivity contribution in [3.63, 3.8) is 0 Å². The molecule has 0 aliphatic heterocycles. The molecule has 1 N–H and O–H groups in total.